The van der Waals surface area contributed by atoms with E-state index in [-0.39, 0.29) is 0 Å². The highest BCUT2D eigenvalue weighted by Crippen LogP contribution is 2.08. The Bertz CT molecular complexity index is 278. The molecule has 0 saturated heterocycles. The molecule has 1 rings (SSSR count). The Morgan fingerprint density at radius 1 is 1.91 bits per heavy atom. The molecular formula is C6H8N4O. The van der Waals surface area contributed by atoms with Crippen LogP contribution in [0.25, 0.3) is 0 Å². The molecule has 0 aromatic carbocycles. The Morgan fingerprint density at radius 2 is 2.64 bits per heavy atom. The number of primary amides is 1. The van der Waals surface area contributed by atoms with Crippen molar-refractivity contribution in [2.75, 3.05) is 5.32 Å². The van der Waals surface area contributed by atoms with Crippen LogP contribution in [0.5, 0.6) is 0 Å². The summed E-state index contributed by atoms with van der Waals surface area (Å²) in [6.07, 6.45) is 2.79. The first-order chi connectivity index (χ1) is 5.25. The van der Waals surface area contributed by atoms with E-state index in [0.29, 0.717) is 11.4 Å². The molecule has 11 heavy (non-hydrogen) atoms. The fraction of sp³-hybridized carbons (Fsp3) is 0. The number of aromatic amines is 1. The number of H-pyrrole nitrogens is 1. The van der Waals surface area contributed by atoms with Crippen LogP contribution in [0.2, 0.25) is 0 Å². The van der Waals surface area contributed by atoms with Crippen LogP contribution in [0.1, 0.15) is 10.4 Å². The van der Waals surface area contributed by atoms with E-state index in [1.165, 1.54) is 12.4 Å². The van der Waals surface area contributed by atoms with E-state index >= 15 is 0 Å². The van der Waals surface area contributed by atoms with Gasteiger partial charge in [-0.3, -0.25) is 9.89 Å². The predicted octanol–water partition coefficient (Wildman–Crippen LogP) is 0.0640. The Kier molecular flexibility index (Phi) is 1.91. The molecule has 0 saturated carbocycles. The van der Waals surface area contributed by atoms with Crippen LogP contribution in [0.4, 0.5) is 5.82 Å². The maximum atomic E-state index is 10.6. The van der Waals surface area contributed by atoms with Gasteiger partial charge in [0.1, 0.15) is 11.4 Å². The number of nitrogens with one attached hydrogen (secondary N) is 2. The minimum absolute atomic E-state index is 0.324. The van der Waals surface area contributed by atoms with Crippen LogP contribution >= 0.6 is 0 Å². The highest BCUT2D eigenvalue weighted by Gasteiger charge is 2.07. The predicted molar refractivity (Wildman–Crippen MR) is 40.9 cm³/mol. The van der Waals surface area contributed by atoms with Crippen molar-refractivity contribution in [3.8, 4) is 0 Å². The summed E-state index contributed by atoms with van der Waals surface area (Å²) in [6.45, 7) is 3.42. The average Bonchev–Trinajstić information content (AvgIpc) is 2.36. The first kappa shape index (κ1) is 7.33. The van der Waals surface area contributed by atoms with E-state index in [4.69, 9.17) is 5.73 Å². The van der Waals surface area contributed by atoms with Gasteiger partial charge in [0.25, 0.3) is 5.91 Å². The lowest BCUT2D eigenvalue weighted by atomic mass is 10.3. The smallest absolute Gasteiger partial charge is 0.254 e. The third kappa shape index (κ3) is 1.37. The number of hydrogen-bond acceptors (Lipinski definition) is 3. The first-order valence-electron chi connectivity index (χ1n) is 2.96. The van der Waals surface area contributed by atoms with E-state index in [9.17, 15) is 4.79 Å². The van der Waals surface area contributed by atoms with Crippen LogP contribution in [0, 0.1) is 0 Å². The molecule has 0 spiro atoms. The zero-order valence-corrected chi connectivity index (χ0v) is 5.79. The maximum Gasteiger partial charge on any atom is 0.254 e. The number of aromatic nitrogens is 2. The van der Waals surface area contributed by atoms with E-state index in [1.807, 2.05) is 0 Å². The van der Waals surface area contributed by atoms with Gasteiger partial charge in [-0.2, -0.15) is 5.10 Å². The number of carbonyl (C=O) groups excluding carboxylic acids is 1. The molecule has 1 amide bonds. The minimum Gasteiger partial charge on any atom is -0.365 e. The molecule has 1 aromatic rings. The van der Waals surface area contributed by atoms with Gasteiger partial charge < -0.3 is 11.1 Å². The number of nitrogens with two attached hydrogens (primary N) is 1. The standard InChI is InChI=1S/C6H8N4O/c1-2-8-6-4(5(7)11)3-9-10-6/h2-3H,1H2,(H2,7,11)(H2,8,9,10). The van der Waals surface area contributed by atoms with Gasteiger partial charge in [-0.15, -0.1) is 0 Å². The van der Waals surface area contributed by atoms with E-state index in [1.54, 1.807) is 0 Å². The number of amides is 1. The third-order valence-corrected chi connectivity index (χ3v) is 1.15. The fourth-order valence-corrected chi connectivity index (χ4v) is 0.685. The summed E-state index contributed by atoms with van der Waals surface area (Å²) in [5.41, 5.74) is 5.34. The molecule has 4 N–H and O–H groups in total. The maximum absolute atomic E-state index is 10.6. The summed E-state index contributed by atoms with van der Waals surface area (Å²) < 4.78 is 0. The lowest BCUT2D eigenvalue weighted by Gasteiger charge is -1.95. The Morgan fingerprint density at radius 3 is 3.18 bits per heavy atom. The van der Waals surface area contributed by atoms with Crippen LogP contribution in [-0.4, -0.2) is 16.1 Å². The molecule has 0 unspecified atom stereocenters. The lowest BCUT2D eigenvalue weighted by Crippen LogP contribution is -2.11. The number of anilines is 1. The highest BCUT2D eigenvalue weighted by molar-refractivity contribution is 5.97. The van der Waals surface area contributed by atoms with Gasteiger partial charge in [0.2, 0.25) is 0 Å². The van der Waals surface area contributed by atoms with Gasteiger partial charge in [-0.25, -0.2) is 0 Å². The Labute approximate surface area is 63.3 Å². The van der Waals surface area contributed by atoms with Crippen molar-refractivity contribution in [2.45, 2.75) is 0 Å². The van der Waals surface area contributed by atoms with Gasteiger partial charge in [-0.05, 0) is 6.20 Å². The zero-order chi connectivity index (χ0) is 8.27. The largest absolute Gasteiger partial charge is 0.365 e. The van der Waals surface area contributed by atoms with Crippen LogP contribution < -0.4 is 11.1 Å². The van der Waals surface area contributed by atoms with Crippen LogP contribution in [0.15, 0.2) is 19.0 Å². The number of nitrogens with zero attached hydrogens (tertiary/aromatic N) is 1. The normalized spacial score (nSPS) is 9.09. The van der Waals surface area contributed by atoms with Crippen molar-refractivity contribution < 1.29 is 4.79 Å². The summed E-state index contributed by atoms with van der Waals surface area (Å²) in [6, 6.07) is 0. The van der Waals surface area contributed by atoms with E-state index in [0.717, 1.165) is 0 Å². The molecule has 0 aliphatic heterocycles. The summed E-state index contributed by atoms with van der Waals surface area (Å²) >= 11 is 0. The molecule has 0 bridgehead atoms. The first-order valence-corrected chi connectivity index (χ1v) is 2.96. The van der Waals surface area contributed by atoms with Crippen molar-refractivity contribution >= 4 is 11.7 Å². The molecule has 5 nitrogen and oxygen atoms in total. The van der Waals surface area contributed by atoms with Crippen molar-refractivity contribution in [1.29, 1.82) is 0 Å². The Balaban J connectivity index is 2.95. The molecule has 0 aliphatic carbocycles. The number of carbonyl (C=O) groups is 1. The second-order valence-electron chi connectivity index (χ2n) is 1.87. The van der Waals surface area contributed by atoms with Crippen molar-refractivity contribution in [3.05, 3.63) is 24.5 Å². The zero-order valence-electron chi connectivity index (χ0n) is 5.79. The third-order valence-electron chi connectivity index (χ3n) is 1.15. The molecular weight excluding hydrogens is 144 g/mol. The van der Waals surface area contributed by atoms with Gasteiger partial charge >= 0.3 is 0 Å². The Hall–Kier alpha value is -1.78. The van der Waals surface area contributed by atoms with Gasteiger partial charge in [0.05, 0.1) is 6.20 Å². The second kappa shape index (κ2) is 2.87. The van der Waals surface area contributed by atoms with Crippen LogP contribution in [-0.2, 0) is 0 Å². The highest BCUT2D eigenvalue weighted by atomic mass is 16.1. The van der Waals surface area contributed by atoms with E-state index < -0.39 is 5.91 Å². The summed E-state index contributed by atoms with van der Waals surface area (Å²) in [5.74, 6) is -0.0596. The molecule has 0 aliphatic rings. The van der Waals surface area contributed by atoms with Gasteiger partial charge in [0, 0.05) is 0 Å². The molecule has 5 heteroatoms. The summed E-state index contributed by atoms with van der Waals surface area (Å²) in [4.78, 5) is 10.6. The fourth-order valence-electron chi connectivity index (χ4n) is 0.685. The van der Waals surface area contributed by atoms with Gasteiger partial charge in [-0.1, -0.05) is 6.58 Å². The monoisotopic (exact) mass is 152 g/mol. The molecule has 58 valence electrons. The molecule has 1 aromatic heterocycles. The lowest BCUT2D eigenvalue weighted by molar-refractivity contribution is 0.100. The van der Waals surface area contributed by atoms with Gasteiger partial charge in [0.15, 0.2) is 0 Å². The molecule has 0 fully saturated rings. The number of hydrogen-bond donors (Lipinski definition) is 3. The SMILES string of the molecule is C=CNc1[nH]ncc1C(N)=O. The van der Waals surface area contributed by atoms with Crippen LogP contribution in [0.3, 0.4) is 0 Å². The summed E-state index contributed by atoms with van der Waals surface area (Å²) in [7, 11) is 0. The molecule has 0 atom stereocenters. The number of rotatable bonds is 3. The van der Waals surface area contributed by atoms with E-state index in [2.05, 4.69) is 22.1 Å². The van der Waals surface area contributed by atoms with Crippen molar-refractivity contribution in [3.63, 3.8) is 0 Å². The quantitative estimate of drug-likeness (QED) is 0.572. The molecule has 1 heterocycles. The minimum atomic E-state index is -0.525. The van der Waals surface area contributed by atoms with Crippen molar-refractivity contribution in [1.82, 2.24) is 10.2 Å². The second-order valence-corrected chi connectivity index (χ2v) is 1.87. The average molecular weight is 152 g/mol. The van der Waals surface area contributed by atoms with Crippen molar-refractivity contribution in [2.24, 2.45) is 5.73 Å². The summed E-state index contributed by atoms with van der Waals surface area (Å²) in [5, 5.41) is 8.86. The molecule has 0 radical (unpaired) electrons. The topological polar surface area (TPSA) is 83.8 Å².